The van der Waals surface area contributed by atoms with E-state index in [0.29, 0.717) is 41.1 Å². The van der Waals surface area contributed by atoms with Crippen molar-refractivity contribution in [3.8, 4) is 22.6 Å². The molecular weight excluding hydrogens is 486 g/mol. The molecule has 0 aromatic carbocycles. The SMILES string of the molecule is CC1(O)CN(C(=O)O)CCC1n1cc(-c2cnc(-c3cnc4cc(Cl)cnn34)cc2NC2CC2)nn1. The van der Waals surface area contributed by atoms with Gasteiger partial charge in [0, 0.05) is 36.1 Å². The van der Waals surface area contributed by atoms with Gasteiger partial charge in [0.15, 0.2) is 5.65 Å². The molecule has 0 spiro atoms. The summed E-state index contributed by atoms with van der Waals surface area (Å²) < 4.78 is 3.32. The number of hydrogen-bond donors (Lipinski definition) is 3. The van der Waals surface area contributed by atoms with Crippen LogP contribution in [0.15, 0.2) is 36.9 Å². The van der Waals surface area contributed by atoms with Crippen LogP contribution in [-0.4, -0.2) is 80.5 Å². The van der Waals surface area contributed by atoms with Crippen LogP contribution in [0.3, 0.4) is 0 Å². The van der Waals surface area contributed by atoms with Crippen molar-refractivity contribution in [1.82, 2.24) is 39.5 Å². The summed E-state index contributed by atoms with van der Waals surface area (Å²) in [6.45, 7) is 1.95. The van der Waals surface area contributed by atoms with E-state index in [2.05, 4.69) is 30.7 Å². The number of imidazole rings is 1. The maximum absolute atomic E-state index is 11.4. The van der Waals surface area contributed by atoms with Crippen molar-refractivity contribution in [3.05, 3.63) is 41.9 Å². The van der Waals surface area contributed by atoms with Crippen LogP contribution in [0, 0.1) is 0 Å². The Labute approximate surface area is 210 Å². The minimum atomic E-state index is -1.28. The molecule has 1 saturated carbocycles. The molecule has 4 aromatic rings. The van der Waals surface area contributed by atoms with Gasteiger partial charge in [0.05, 0.1) is 41.9 Å². The number of hydrogen-bond acceptors (Lipinski definition) is 8. The molecule has 2 atom stereocenters. The van der Waals surface area contributed by atoms with E-state index in [1.165, 1.54) is 4.90 Å². The van der Waals surface area contributed by atoms with Crippen molar-refractivity contribution in [2.24, 2.45) is 0 Å². The Morgan fingerprint density at radius 2 is 2.00 bits per heavy atom. The highest BCUT2D eigenvalue weighted by molar-refractivity contribution is 6.30. The van der Waals surface area contributed by atoms with E-state index in [-0.39, 0.29) is 6.54 Å². The predicted octanol–water partition coefficient (Wildman–Crippen LogP) is 2.95. The smallest absolute Gasteiger partial charge is 0.407 e. The van der Waals surface area contributed by atoms with Crippen LogP contribution < -0.4 is 5.32 Å². The molecule has 12 nitrogen and oxygen atoms in total. The highest BCUT2D eigenvalue weighted by atomic mass is 35.5. The Morgan fingerprint density at radius 3 is 2.75 bits per heavy atom. The Hall–Kier alpha value is -3.77. The van der Waals surface area contributed by atoms with E-state index in [1.807, 2.05) is 6.07 Å². The highest BCUT2D eigenvalue weighted by Crippen LogP contribution is 2.36. The van der Waals surface area contributed by atoms with Gasteiger partial charge in [0.1, 0.15) is 17.0 Å². The van der Waals surface area contributed by atoms with Gasteiger partial charge in [-0.05, 0) is 32.3 Å². The van der Waals surface area contributed by atoms with Crippen molar-refractivity contribution >= 4 is 29.0 Å². The number of fused-ring (bicyclic) bond motifs is 1. The van der Waals surface area contributed by atoms with Gasteiger partial charge >= 0.3 is 6.09 Å². The van der Waals surface area contributed by atoms with Crippen molar-refractivity contribution < 1.29 is 15.0 Å². The fraction of sp³-hybridized carbons (Fsp3) is 0.391. The van der Waals surface area contributed by atoms with E-state index in [0.717, 1.165) is 29.8 Å². The van der Waals surface area contributed by atoms with Crippen LogP contribution in [0.5, 0.6) is 0 Å². The summed E-state index contributed by atoms with van der Waals surface area (Å²) >= 11 is 6.05. The highest BCUT2D eigenvalue weighted by Gasteiger charge is 2.41. The van der Waals surface area contributed by atoms with Crippen LogP contribution in [0.25, 0.3) is 28.3 Å². The van der Waals surface area contributed by atoms with Crippen LogP contribution in [0.2, 0.25) is 5.02 Å². The lowest BCUT2D eigenvalue weighted by molar-refractivity contribution is -0.0543. The summed E-state index contributed by atoms with van der Waals surface area (Å²) in [5.41, 5.74) is 3.03. The molecule has 1 amide bonds. The monoisotopic (exact) mass is 509 g/mol. The number of rotatable bonds is 5. The number of carbonyl (C=O) groups is 1. The number of aliphatic hydroxyl groups is 1. The van der Waals surface area contributed by atoms with E-state index in [9.17, 15) is 15.0 Å². The fourth-order valence-corrected chi connectivity index (χ4v) is 4.83. The lowest BCUT2D eigenvalue weighted by Crippen LogP contribution is -2.54. The average Bonchev–Trinajstić information content (AvgIpc) is 3.35. The Morgan fingerprint density at radius 1 is 1.17 bits per heavy atom. The quantitative estimate of drug-likeness (QED) is 0.369. The first-order valence-corrected chi connectivity index (χ1v) is 12.0. The topological polar surface area (TPSA) is 147 Å². The van der Waals surface area contributed by atoms with Gasteiger partial charge in [-0.25, -0.2) is 19.0 Å². The van der Waals surface area contributed by atoms with Gasteiger partial charge in [-0.2, -0.15) is 5.10 Å². The first-order valence-electron chi connectivity index (χ1n) is 11.7. The summed E-state index contributed by atoms with van der Waals surface area (Å²) in [6.07, 6.45) is 8.36. The molecule has 6 rings (SSSR count). The molecular formula is C23H24ClN9O3. The molecule has 4 aromatic heterocycles. The van der Waals surface area contributed by atoms with Gasteiger partial charge in [-0.15, -0.1) is 5.10 Å². The maximum Gasteiger partial charge on any atom is 0.407 e. The summed E-state index contributed by atoms with van der Waals surface area (Å²) in [5.74, 6) is 0. The zero-order valence-corrected chi connectivity index (χ0v) is 20.2. The molecule has 0 radical (unpaired) electrons. The van der Waals surface area contributed by atoms with Crippen molar-refractivity contribution in [2.45, 2.75) is 43.9 Å². The molecule has 1 aliphatic heterocycles. The number of amides is 1. The second-order valence-corrected chi connectivity index (χ2v) is 10.0. The third-order valence-electron chi connectivity index (χ3n) is 6.71. The molecule has 13 heteroatoms. The normalized spacial score (nSPS) is 22.2. The molecule has 1 saturated heterocycles. The Bertz CT molecular complexity index is 1460. The number of aromatic nitrogens is 7. The van der Waals surface area contributed by atoms with Gasteiger partial charge < -0.3 is 20.4 Å². The van der Waals surface area contributed by atoms with E-state index < -0.39 is 17.7 Å². The molecule has 0 bridgehead atoms. The van der Waals surface area contributed by atoms with Gasteiger partial charge in [0.25, 0.3) is 0 Å². The lowest BCUT2D eigenvalue weighted by atomic mass is 9.89. The number of anilines is 1. The molecule has 2 fully saturated rings. The number of pyridine rings is 1. The lowest BCUT2D eigenvalue weighted by Gasteiger charge is -2.41. The van der Waals surface area contributed by atoms with E-state index in [1.54, 1.807) is 47.0 Å². The first kappa shape index (κ1) is 22.7. The summed E-state index contributed by atoms with van der Waals surface area (Å²) in [5, 5.41) is 37.4. The molecule has 3 N–H and O–H groups in total. The van der Waals surface area contributed by atoms with E-state index >= 15 is 0 Å². The molecule has 36 heavy (non-hydrogen) atoms. The molecule has 2 unspecified atom stereocenters. The predicted molar refractivity (Wildman–Crippen MR) is 131 cm³/mol. The molecule has 186 valence electrons. The van der Waals surface area contributed by atoms with Crippen LogP contribution in [0.1, 0.15) is 32.2 Å². The first-order chi connectivity index (χ1) is 17.3. The summed E-state index contributed by atoms with van der Waals surface area (Å²) in [6, 6.07) is 3.67. The minimum absolute atomic E-state index is 0.00544. The van der Waals surface area contributed by atoms with Gasteiger partial charge in [-0.1, -0.05) is 16.8 Å². The summed E-state index contributed by atoms with van der Waals surface area (Å²) in [4.78, 5) is 21.6. The van der Waals surface area contributed by atoms with Crippen LogP contribution in [0.4, 0.5) is 10.5 Å². The standard InChI is InChI=1S/C23H24ClN9O3/c1-23(36)12-31(22(34)35)5-4-20(23)32-11-18(29-30-32)15-9-25-17(7-16(15)28-14-2-3-14)19-10-26-21-6-13(24)8-27-33(19)21/h6-11,14,20,36H,2-5,12H2,1H3,(H,25,28)(H,34,35). The van der Waals surface area contributed by atoms with Crippen molar-refractivity contribution in [1.29, 1.82) is 0 Å². The number of halogens is 1. The van der Waals surface area contributed by atoms with Gasteiger partial charge in [-0.3, -0.25) is 4.98 Å². The molecule has 2 aliphatic rings. The number of nitrogens with zero attached hydrogens (tertiary/aromatic N) is 8. The number of nitrogens with one attached hydrogen (secondary N) is 1. The average molecular weight is 510 g/mol. The van der Waals surface area contributed by atoms with Crippen molar-refractivity contribution in [2.75, 3.05) is 18.4 Å². The zero-order chi connectivity index (χ0) is 25.0. The van der Waals surface area contributed by atoms with Gasteiger partial charge in [0.2, 0.25) is 0 Å². The second-order valence-electron chi connectivity index (χ2n) is 9.57. The number of piperidine rings is 1. The third kappa shape index (κ3) is 4.11. The molecule has 1 aliphatic carbocycles. The second kappa shape index (κ2) is 8.42. The largest absolute Gasteiger partial charge is 0.465 e. The van der Waals surface area contributed by atoms with Crippen LogP contribution >= 0.6 is 11.6 Å². The Kier molecular flexibility index (Phi) is 5.30. The van der Waals surface area contributed by atoms with Crippen molar-refractivity contribution in [3.63, 3.8) is 0 Å². The fourth-order valence-electron chi connectivity index (χ4n) is 4.69. The number of β-amino-alcohol motifs (C(OH)–C–C–N with tert-alkyl or cyclic N) is 1. The maximum atomic E-state index is 11.4. The third-order valence-corrected chi connectivity index (χ3v) is 6.92. The minimum Gasteiger partial charge on any atom is -0.465 e. The van der Waals surface area contributed by atoms with E-state index in [4.69, 9.17) is 11.6 Å². The zero-order valence-electron chi connectivity index (χ0n) is 19.4. The number of likely N-dealkylation sites (tertiary alicyclic amines) is 1. The Balaban J connectivity index is 1.34. The summed E-state index contributed by atoms with van der Waals surface area (Å²) in [7, 11) is 0. The van der Waals surface area contributed by atoms with Crippen LogP contribution in [-0.2, 0) is 0 Å². The number of carboxylic acid groups (broad SMARTS) is 1. The molecule has 5 heterocycles.